The van der Waals surface area contributed by atoms with Crippen molar-refractivity contribution in [2.75, 3.05) is 13.2 Å². The number of rotatable bonds is 4. The van der Waals surface area contributed by atoms with E-state index in [4.69, 9.17) is 14.2 Å². The van der Waals surface area contributed by atoms with Crippen molar-refractivity contribution in [1.29, 1.82) is 0 Å². The van der Waals surface area contributed by atoms with Crippen LogP contribution in [0.5, 0.6) is 0 Å². The van der Waals surface area contributed by atoms with Crippen molar-refractivity contribution in [2.24, 2.45) is 34.0 Å². The predicted molar refractivity (Wildman–Crippen MR) is 128 cm³/mol. The van der Waals surface area contributed by atoms with Crippen molar-refractivity contribution in [3.05, 3.63) is 12.7 Å². The number of carbonyl (C=O) groups is 4. The van der Waals surface area contributed by atoms with Gasteiger partial charge in [-0.05, 0) is 42.9 Å². The van der Waals surface area contributed by atoms with E-state index in [-0.39, 0.29) is 48.6 Å². The molecular formula is C26H38N2O8. The Balaban J connectivity index is 1.58. The molecule has 2 unspecified atom stereocenters. The summed E-state index contributed by atoms with van der Waals surface area (Å²) in [7, 11) is 0. The highest BCUT2D eigenvalue weighted by molar-refractivity contribution is 5.88. The third kappa shape index (κ3) is 4.17. The summed E-state index contributed by atoms with van der Waals surface area (Å²) in [5, 5.41) is 16.1. The number of aliphatic hydroxyl groups excluding tert-OH is 1. The molecule has 10 heteroatoms. The lowest BCUT2D eigenvalue weighted by Gasteiger charge is -2.61. The van der Waals surface area contributed by atoms with E-state index in [1.807, 2.05) is 20.8 Å². The van der Waals surface area contributed by atoms with Crippen molar-refractivity contribution in [1.82, 2.24) is 10.6 Å². The fourth-order valence-electron chi connectivity index (χ4n) is 7.47. The van der Waals surface area contributed by atoms with Crippen LogP contribution in [0.1, 0.15) is 59.8 Å². The Bertz CT molecular complexity index is 954. The van der Waals surface area contributed by atoms with E-state index >= 15 is 0 Å². The third-order valence-corrected chi connectivity index (χ3v) is 9.91. The summed E-state index contributed by atoms with van der Waals surface area (Å²) < 4.78 is 15.7. The maximum atomic E-state index is 13.4. The minimum atomic E-state index is -1.01. The second-order valence-electron chi connectivity index (χ2n) is 11.6. The molecular weight excluding hydrogens is 468 g/mol. The van der Waals surface area contributed by atoms with E-state index in [0.29, 0.717) is 12.8 Å². The molecule has 3 N–H and O–H groups in total. The molecule has 1 aliphatic heterocycles. The lowest BCUT2D eigenvalue weighted by atomic mass is 9.44. The molecule has 0 aromatic heterocycles. The molecule has 0 radical (unpaired) electrons. The van der Waals surface area contributed by atoms with Crippen LogP contribution in [-0.4, -0.2) is 60.6 Å². The Labute approximate surface area is 211 Å². The Morgan fingerprint density at radius 2 is 1.97 bits per heavy atom. The third-order valence-electron chi connectivity index (χ3n) is 9.91. The zero-order valence-corrected chi connectivity index (χ0v) is 21.5. The summed E-state index contributed by atoms with van der Waals surface area (Å²) in [6.07, 6.45) is 0.688. The average Bonchev–Trinajstić information content (AvgIpc) is 3.41. The molecule has 1 heterocycles. The molecule has 200 valence electrons. The van der Waals surface area contributed by atoms with Crippen LogP contribution in [0.2, 0.25) is 0 Å². The van der Waals surface area contributed by atoms with Gasteiger partial charge in [-0.25, -0.2) is 19.7 Å². The van der Waals surface area contributed by atoms with Crippen molar-refractivity contribution in [3.8, 4) is 0 Å². The van der Waals surface area contributed by atoms with Gasteiger partial charge in [-0.15, -0.1) is 6.58 Å². The van der Waals surface area contributed by atoms with Crippen LogP contribution in [0.15, 0.2) is 12.7 Å². The zero-order chi connectivity index (χ0) is 26.5. The molecule has 3 aliphatic carbocycles. The maximum Gasteiger partial charge on any atom is 0.416 e. The van der Waals surface area contributed by atoms with Gasteiger partial charge >= 0.3 is 18.3 Å². The minimum Gasteiger partial charge on any atom is -0.447 e. The van der Waals surface area contributed by atoms with Crippen molar-refractivity contribution < 1.29 is 38.5 Å². The van der Waals surface area contributed by atoms with Gasteiger partial charge in [0.25, 0.3) is 0 Å². The normalized spacial score (nSPS) is 43.8. The number of alkyl carbamates (subject to hydrolysis) is 3. The van der Waals surface area contributed by atoms with Gasteiger partial charge < -0.3 is 24.6 Å². The van der Waals surface area contributed by atoms with Crippen molar-refractivity contribution in [2.45, 2.75) is 78.0 Å². The number of Topliss-reactive ketones (excluding diaryl/α,β-unsaturated/α-hetero) is 1. The molecule has 4 fully saturated rings. The topological polar surface area (TPSA) is 140 Å². The average molecular weight is 507 g/mol. The highest BCUT2D eigenvalue weighted by Gasteiger charge is 2.68. The molecule has 0 spiro atoms. The van der Waals surface area contributed by atoms with Crippen LogP contribution >= 0.6 is 0 Å². The summed E-state index contributed by atoms with van der Waals surface area (Å²) in [6, 6.07) is -0.495. The van der Waals surface area contributed by atoms with Crippen LogP contribution in [-0.2, 0) is 19.0 Å². The van der Waals surface area contributed by atoms with Gasteiger partial charge in [-0.3, -0.25) is 4.79 Å². The molecule has 0 aromatic rings. The summed E-state index contributed by atoms with van der Waals surface area (Å²) in [4.78, 5) is 49.6. The summed E-state index contributed by atoms with van der Waals surface area (Å²) >= 11 is 0. The van der Waals surface area contributed by atoms with E-state index < -0.39 is 47.4 Å². The number of ketones is 1. The van der Waals surface area contributed by atoms with Gasteiger partial charge in [-0.2, -0.15) is 0 Å². The van der Waals surface area contributed by atoms with Gasteiger partial charge in [0.1, 0.15) is 31.1 Å². The number of carbonyl (C=O) groups excluding carboxylic acids is 4. The van der Waals surface area contributed by atoms with E-state index in [1.54, 1.807) is 6.08 Å². The number of aliphatic hydroxyl groups is 1. The highest BCUT2D eigenvalue weighted by atomic mass is 16.6. The van der Waals surface area contributed by atoms with Crippen LogP contribution in [0.3, 0.4) is 0 Å². The quantitative estimate of drug-likeness (QED) is 0.390. The Kier molecular flexibility index (Phi) is 6.87. The molecule has 3 amide bonds. The standard InChI is InChI=1S/C26H38N2O8/c1-6-24(4)11-18(36-23(33)28-22(32)35-13-16-12-34-21(31)27-16)25(5)14(2)7-9-26(15(3)20(24)30)10-8-17(29)19(25)26/h6,14-16,18-20,30H,1,7-13H2,2-5H3,(H,27,31)(H,28,32,33)/t14?,15-,16?,18+,19-,20-,24+,25+,26-/m0/s1. The van der Waals surface area contributed by atoms with Crippen molar-refractivity contribution >= 4 is 24.1 Å². The molecule has 9 atom stereocenters. The Hall–Kier alpha value is -2.62. The van der Waals surface area contributed by atoms with Gasteiger partial charge in [0.15, 0.2) is 0 Å². The van der Waals surface area contributed by atoms with Crippen LogP contribution in [0, 0.1) is 34.0 Å². The summed E-state index contributed by atoms with van der Waals surface area (Å²) in [5.41, 5.74) is -1.84. The molecule has 10 nitrogen and oxygen atoms in total. The van der Waals surface area contributed by atoms with Gasteiger partial charge in [0.05, 0.1) is 6.10 Å². The van der Waals surface area contributed by atoms with Gasteiger partial charge in [-0.1, -0.05) is 33.8 Å². The second-order valence-corrected chi connectivity index (χ2v) is 11.6. The zero-order valence-electron chi connectivity index (χ0n) is 21.5. The molecule has 1 saturated heterocycles. The molecule has 36 heavy (non-hydrogen) atoms. The predicted octanol–water partition coefficient (Wildman–Crippen LogP) is 3.32. The second kappa shape index (κ2) is 9.36. The molecule has 0 aromatic carbocycles. The molecule has 4 rings (SSSR count). The van der Waals surface area contributed by atoms with Crippen LogP contribution in [0.25, 0.3) is 0 Å². The summed E-state index contributed by atoms with van der Waals surface area (Å²) in [5.74, 6) is -0.262. The van der Waals surface area contributed by atoms with Crippen LogP contribution in [0.4, 0.5) is 14.4 Å². The number of hydrogen-bond donors (Lipinski definition) is 3. The monoisotopic (exact) mass is 506 g/mol. The number of nitrogens with one attached hydrogen (secondary N) is 2. The lowest BCUT2D eigenvalue weighted by Crippen LogP contribution is -2.63. The molecule has 3 saturated carbocycles. The number of imide groups is 1. The van der Waals surface area contributed by atoms with E-state index in [1.165, 1.54) is 0 Å². The van der Waals surface area contributed by atoms with E-state index in [9.17, 15) is 24.3 Å². The highest BCUT2D eigenvalue weighted by Crippen LogP contribution is 2.67. The minimum absolute atomic E-state index is 0.0624. The number of amides is 3. The van der Waals surface area contributed by atoms with Crippen molar-refractivity contribution in [3.63, 3.8) is 0 Å². The molecule has 4 aliphatic rings. The summed E-state index contributed by atoms with van der Waals surface area (Å²) in [6.45, 7) is 11.9. The maximum absolute atomic E-state index is 13.4. The fourth-order valence-corrected chi connectivity index (χ4v) is 7.47. The first-order chi connectivity index (χ1) is 16.9. The SMILES string of the molecule is C=C[C@]1(C)C[C@@H](OC(=O)NC(=O)OCC2COC(=O)N2)[C@@]2(C)C(C)CC[C@]3(CCC(=O)[C@H]32)[C@@H](C)[C@@H]1O. The van der Waals surface area contributed by atoms with E-state index in [2.05, 4.69) is 24.1 Å². The smallest absolute Gasteiger partial charge is 0.416 e. The lowest BCUT2D eigenvalue weighted by molar-refractivity contribution is -0.191. The fraction of sp³-hybridized carbons (Fsp3) is 0.769. The molecule has 2 bridgehead atoms. The largest absolute Gasteiger partial charge is 0.447 e. The first-order valence-electron chi connectivity index (χ1n) is 12.8. The number of hydrogen-bond acceptors (Lipinski definition) is 8. The van der Waals surface area contributed by atoms with Gasteiger partial charge in [0, 0.05) is 23.2 Å². The first kappa shape index (κ1) is 26.4. The number of ether oxygens (including phenoxy) is 3. The van der Waals surface area contributed by atoms with Gasteiger partial charge in [0.2, 0.25) is 0 Å². The number of cyclic esters (lactones) is 1. The Morgan fingerprint density at radius 1 is 1.25 bits per heavy atom. The Morgan fingerprint density at radius 3 is 2.61 bits per heavy atom. The van der Waals surface area contributed by atoms with Crippen LogP contribution < -0.4 is 10.6 Å². The first-order valence-corrected chi connectivity index (χ1v) is 12.8. The van der Waals surface area contributed by atoms with E-state index in [0.717, 1.165) is 12.8 Å².